The maximum atomic E-state index is 13.1. The molecule has 0 aliphatic carbocycles. The van der Waals surface area contributed by atoms with Gasteiger partial charge in [-0.15, -0.1) is 11.3 Å². The van der Waals surface area contributed by atoms with Crippen LogP contribution < -0.4 is 0 Å². The lowest BCUT2D eigenvalue weighted by Crippen LogP contribution is -2.46. The number of aromatic nitrogens is 1. The second-order valence-corrected chi connectivity index (χ2v) is 7.15. The molecule has 24 heavy (non-hydrogen) atoms. The lowest BCUT2D eigenvalue weighted by atomic mass is 10.0. The second kappa shape index (κ2) is 7.27. The van der Waals surface area contributed by atoms with Gasteiger partial charge in [0.1, 0.15) is 10.8 Å². The van der Waals surface area contributed by atoms with E-state index in [1.165, 1.54) is 25.0 Å². The summed E-state index contributed by atoms with van der Waals surface area (Å²) in [5, 5.41) is 3.03. The SMILES string of the molecule is Fc1ccc(-c2nc(CN3CCCCC3C3OCCO3)cs2)cc1. The zero-order chi connectivity index (χ0) is 16.4. The summed E-state index contributed by atoms with van der Waals surface area (Å²) in [5.41, 5.74) is 2.02. The average Bonchev–Trinajstić information content (AvgIpc) is 3.28. The molecule has 1 unspecified atom stereocenters. The normalized spacial score (nSPS) is 23.0. The third kappa shape index (κ3) is 3.52. The van der Waals surface area contributed by atoms with Crippen molar-refractivity contribution in [2.75, 3.05) is 19.8 Å². The fourth-order valence-corrected chi connectivity index (χ4v) is 4.25. The third-order valence-electron chi connectivity index (χ3n) is 4.63. The Morgan fingerprint density at radius 3 is 2.75 bits per heavy atom. The number of thiazole rings is 1. The molecule has 0 saturated carbocycles. The van der Waals surface area contributed by atoms with E-state index in [0.29, 0.717) is 19.3 Å². The van der Waals surface area contributed by atoms with Gasteiger partial charge in [-0.1, -0.05) is 6.42 Å². The summed E-state index contributed by atoms with van der Waals surface area (Å²) in [6.07, 6.45) is 3.44. The van der Waals surface area contributed by atoms with Gasteiger partial charge in [0, 0.05) is 17.5 Å². The quantitative estimate of drug-likeness (QED) is 0.844. The van der Waals surface area contributed by atoms with Crippen molar-refractivity contribution < 1.29 is 13.9 Å². The molecular formula is C18H21FN2O2S. The van der Waals surface area contributed by atoms with E-state index in [2.05, 4.69) is 10.3 Å². The molecule has 1 aromatic heterocycles. The monoisotopic (exact) mass is 348 g/mol. The Balaban J connectivity index is 1.46. The van der Waals surface area contributed by atoms with Crippen molar-refractivity contribution in [3.63, 3.8) is 0 Å². The minimum Gasteiger partial charge on any atom is -0.349 e. The van der Waals surface area contributed by atoms with Gasteiger partial charge in [0.05, 0.1) is 24.9 Å². The number of ether oxygens (including phenoxy) is 2. The van der Waals surface area contributed by atoms with Gasteiger partial charge in [-0.05, 0) is 43.7 Å². The van der Waals surface area contributed by atoms with Crippen molar-refractivity contribution in [1.29, 1.82) is 0 Å². The van der Waals surface area contributed by atoms with Crippen LogP contribution in [0.5, 0.6) is 0 Å². The van der Waals surface area contributed by atoms with Gasteiger partial charge in [-0.25, -0.2) is 9.37 Å². The number of piperidine rings is 1. The van der Waals surface area contributed by atoms with Crippen LogP contribution in [0, 0.1) is 5.82 Å². The Bertz CT molecular complexity index is 670. The maximum Gasteiger partial charge on any atom is 0.173 e. The van der Waals surface area contributed by atoms with Crippen LogP contribution >= 0.6 is 11.3 Å². The molecule has 2 fully saturated rings. The van der Waals surface area contributed by atoms with Crippen LogP contribution in [0.25, 0.3) is 10.6 Å². The molecule has 4 nitrogen and oxygen atoms in total. The molecule has 0 bridgehead atoms. The highest BCUT2D eigenvalue weighted by molar-refractivity contribution is 7.13. The summed E-state index contributed by atoms with van der Waals surface area (Å²) >= 11 is 1.61. The van der Waals surface area contributed by atoms with Crippen LogP contribution in [0.2, 0.25) is 0 Å². The van der Waals surface area contributed by atoms with Crippen molar-refractivity contribution in [3.8, 4) is 10.6 Å². The third-order valence-corrected chi connectivity index (χ3v) is 5.57. The summed E-state index contributed by atoms with van der Waals surface area (Å²) in [6, 6.07) is 6.83. The Morgan fingerprint density at radius 2 is 1.96 bits per heavy atom. The molecule has 3 heterocycles. The smallest absolute Gasteiger partial charge is 0.173 e. The van der Waals surface area contributed by atoms with Gasteiger partial charge in [0.15, 0.2) is 6.29 Å². The molecule has 0 radical (unpaired) electrons. The largest absolute Gasteiger partial charge is 0.349 e. The van der Waals surface area contributed by atoms with E-state index in [1.807, 2.05) is 0 Å². The van der Waals surface area contributed by atoms with E-state index in [-0.39, 0.29) is 12.1 Å². The zero-order valence-corrected chi connectivity index (χ0v) is 14.3. The fraction of sp³-hybridized carbons (Fsp3) is 0.500. The first-order valence-corrected chi connectivity index (χ1v) is 9.35. The number of likely N-dealkylation sites (tertiary alicyclic amines) is 1. The number of halogens is 1. The molecule has 4 rings (SSSR count). The first kappa shape index (κ1) is 16.1. The minimum absolute atomic E-state index is 0.0968. The molecule has 2 aromatic rings. The van der Waals surface area contributed by atoms with E-state index in [1.54, 1.807) is 23.5 Å². The number of hydrogen-bond acceptors (Lipinski definition) is 5. The molecule has 2 aliphatic rings. The van der Waals surface area contributed by atoms with Crippen molar-refractivity contribution >= 4 is 11.3 Å². The number of hydrogen-bond donors (Lipinski definition) is 0. The molecular weight excluding hydrogens is 327 g/mol. The van der Waals surface area contributed by atoms with Gasteiger partial charge in [-0.2, -0.15) is 0 Å². The number of rotatable bonds is 4. The highest BCUT2D eigenvalue weighted by atomic mass is 32.1. The van der Waals surface area contributed by atoms with E-state index in [0.717, 1.165) is 35.8 Å². The summed E-state index contributed by atoms with van der Waals surface area (Å²) < 4.78 is 24.5. The summed E-state index contributed by atoms with van der Waals surface area (Å²) in [7, 11) is 0. The molecule has 0 spiro atoms. The van der Waals surface area contributed by atoms with Crippen molar-refractivity contribution in [2.24, 2.45) is 0 Å². The molecule has 2 saturated heterocycles. The summed E-state index contributed by atoms with van der Waals surface area (Å²) in [4.78, 5) is 7.17. The zero-order valence-electron chi connectivity index (χ0n) is 13.5. The lowest BCUT2D eigenvalue weighted by Gasteiger charge is -2.37. The van der Waals surface area contributed by atoms with Gasteiger partial charge < -0.3 is 9.47 Å². The Morgan fingerprint density at radius 1 is 1.17 bits per heavy atom. The predicted molar refractivity (Wildman–Crippen MR) is 91.2 cm³/mol. The topological polar surface area (TPSA) is 34.6 Å². The van der Waals surface area contributed by atoms with E-state index >= 15 is 0 Å². The predicted octanol–water partition coefficient (Wildman–Crippen LogP) is 3.68. The molecule has 1 atom stereocenters. The first-order chi connectivity index (χ1) is 11.8. The van der Waals surface area contributed by atoms with Crippen molar-refractivity contribution in [3.05, 3.63) is 41.2 Å². The van der Waals surface area contributed by atoms with Crippen LogP contribution in [0.15, 0.2) is 29.6 Å². The molecule has 6 heteroatoms. The lowest BCUT2D eigenvalue weighted by molar-refractivity contribution is -0.111. The van der Waals surface area contributed by atoms with Gasteiger partial charge >= 0.3 is 0 Å². The minimum atomic E-state index is -0.219. The van der Waals surface area contributed by atoms with Crippen LogP contribution in [-0.2, 0) is 16.0 Å². The van der Waals surface area contributed by atoms with E-state index in [9.17, 15) is 4.39 Å². The first-order valence-electron chi connectivity index (χ1n) is 8.47. The highest BCUT2D eigenvalue weighted by Crippen LogP contribution is 2.28. The highest BCUT2D eigenvalue weighted by Gasteiger charge is 2.33. The van der Waals surface area contributed by atoms with Crippen molar-refractivity contribution in [2.45, 2.75) is 38.1 Å². The molecule has 128 valence electrons. The van der Waals surface area contributed by atoms with E-state index in [4.69, 9.17) is 14.5 Å². The van der Waals surface area contributed by atoms with E-state index < -0.39 is 0 Å². The average molecular weight is 348 g/mol. The molecule has 0 amide bonds. The Hall–Kier alpha value is -1.34. The molecule has 1 aromatic carbocycles. The Kier molecular flexibility index (Phi) is 4.89. The second-order valence-electron chi connectivity index (χ2n) is 6.29. The van der Waals surface area contributed by atoms with Crippen LogP contribution in [0.1, 0.15) is 25.0 Å². The number of nitrogens with zero attached hydrogens (tertiary/aromatic N) is 2. The Labute approximate surface area is 145 Å². The maximum absolute atomic E-state index is 13.1. The van der Waals surface area contributed by atoms with Crippen LogP contribution in [-0.4, -0.2) is 42.0 Å². The fourth-order valence-electron chi connectivity index (χ4n) is 3.43. The van der Waals surface area contributed by atoms with Crippen LogP contribution in [0.3, 0.4) is 0 Å². The van der Waals surface area contributed by atoms with Gasteiger partial charge in [0.25, 0.3) is 0 Å². The van der Waals surface area contributed by atoms with Gasteiger partial charge in [0.2, 0.25) is 0 Å². The standard InChI is InChI=1S/C18H21FN2O2S/c19-14-6-4-13(5-7-14)17-20-15(12-24-17)11-21-8-2-1-3-16(21)18-22-9-10-23-18/h4-7,12,16,18H,1-3,8-11H2. The van der Waals surface area contributed by atoms with Gasteiger partial charge in [-0.3, -0.25) is 4.90 Å². The molecule has 2 aliphatic heterocycles. The van der Waals surface area contributed by atoms with Crippen LogP contribution in [0.4, 0.5) is 4.39 Å². The van der Waals surface area contributed by atoms with Crippen molar-refractivity contribution in [1.82, 2.24) is 9.88 Å². The summed E-state index contributed by atoms with van der Waals surface area (Å²) in [6.45, 7) is 3.25. The molecule has 0 N–H and O–H groups in total. The summed E-state index contributed by atoms with van der Waals surface area (Å²) in [5.74, 6) is -0.219. The number of benzene rings is 1.